The van der Waals surface area contributed by atoms with Gasteiger partial charge in [-0.3, -0.25) is 24.0 Å². The van der Waals surface area contributed by atoms with E-state index in [1.165, 1.54) is 4.90 Å². The minimum absolute atomic E-state index is 0.116. The molecule has 2 fully saturated rings. The van der Waals surface area contributed by atoms with E-state index in [2.05, 4.69) is 31.6 Å². The molecule has 294 valence electrons. The number of carbonyl (C=O) groups excluding carboxylic acids is 5. The quantitative estimate of drug-likeness (QED) is 0.265. The molecule has 5 heterocycles. The van der Waals surface area contributed by atoms with Gasteiger partial charge in [0.1, 0.15) is 42.2 Å². The zero-order valence-electron chi connectivity index (χ0n) is 32.1. The van der Waals surface area contributed by atoms with Crippen molar-refractivity contribution < 1.29 is 28.7 Å². The van der Waals surface area contributed by atoms with E-state index in [4.69, 9.17) is 4.74 Å². The highest BCUT2D eigenvalue weighted by Crippen LogP contribution is 2.29. The smallest absolute Gasteiger partial charge is 0.246 e. The predicted molar refractivity (Wildman–Crippen MR) is 203 cm³/mol. The number of benzene rings is 2. The lowest BCUT2D eigenvalue weighted by Crippen LogP contribution is -2.60. The Morgan fingerprint density at radius 3 is 2.36 bits per heavy atom. The van der Waals surface area contributed by atoms with Crippen LogP contribution in [0, 0.1) is 5.92 Å². The van der Waals surface area contributed by atoms with Crippen LogP contribution in [0.2, 0.25) is 0 Å². The van der Waals surface area contributed by atoms with Gasteiger partial charge in [0, 0.05) is 38.9 Å². The number of carbonyl (C=O) groups is 5. The third-order valence-corrected chi connectivity index (χ3v) is 10.8. The van der Waals surface area contributed by atoms with Crippen molar-refractivity contribution in [2.75, 3.05) is 26.7 Å². The monoisotopic (exact) mass is 755 g/mol. The van der Waals surface area contributed by atoms with Crippen molar-refractivity contribution in [2.24, 2.45) is 5.92 Å². The lowest BCUT2D eigenvalue weighted by molar-refractivity contribution is -0.143. The van der Waals surface area contributed by atoms with Gasteiger partial charge in [-0.15, -0.1) is 5.10 Å². The second-order valence-electron chi connectivity index (χ2n) is 15.2. The number of piperidine rings is 1. The topological polar surface area (TPSA) is 180 Å². The zero-order valence-corrected chi connectivity index (χ0v) is 32.1. The number of aromatic nitrogens is 3. The van der Waals surface area contributed by atoms with Gasteiger partial charge in [-0.05, 0) is 62.4 Å². The van der Waals surface area contributed by atoms with Crippen molar-refractivity contribution in [3.05, 3.63) is 77.6 Å². The Morgan fingerprint density at radius 2 is 1.67 bits per heavy atom. The van der Waals surface area contributed by atoms with Crippen LogP contribution in [-0.2, 0) is 43.4 Å². The molecule has 0 saturated carbocycles. The summed E-state index contributed by atoms with van der Waals surface area (Å²) < 4.78 is 7.66. The van der Waals surface area contributed by atoms with Crippen LogP contribution in [0.5, 0.6) is 5.75 Å². The number of ether oxygens (including phenoxy) is 1. The van der Waals surface area contributed by atoms with Crippen molar-refractivity contribution in [2.45, 2.75) is 102 Å². The third-order valence-electron chi connectivity index (χ3n) is 10.8. The van der Waals surface area contributed by atoms with Crippen LogP contribution in [-0.4, -0.2) is 111 Å². The number of amides is 5. The number of rotatable bonds is 8. The summed E-state index contributed by atoms with van der Waals surface area (Å²) in [5, 5.41) is 20.4. The van der Waals surface area contributed by atoms with Crippen LogP contribution >= 0.6 is 0 Å². The number of hydrogen-bond donors (Lipinski definition) is 4. The van der Waals surface area contributed by atoms with E-state index in [1.807, 2.05) is 73.3 Å². The van der Waals surface area contributed by atoms with Crippen LogP contribution in [0.4, 0.5) is 0 Å². The minimum Gasteiger partial charge on any atom is -0.487 e. The summed E-state index contributed by atoms with van der Waals surface area (Å²) in [6.07, 6.45) is 5.15. The number of likely N-dealkylation sites (N-methyl/N-ethyl adjacent to an activating group) is 1. The molecular formula is C40H53N9O6. The van der Waals surface area contributed by atoms with Gasteiger partial charge in [0.2, 0.25) is 29.5 Å². The Balaban J connectivity index is 1.36. The molecule has 15 nitrogen and oxygen atoms in total. The Labute approximate surface area is 321 Å². The fourth-order valence-electron chi connectivity index (χ4n) is 7.41. The largest absolute Gasteiger partial charge is 0.487 e. The van der Waals surface area contributed by atoms with Crippen molar-refractivity contribution in [3.63, 3.8) is 0 Å². The Bertz CT molecular complexity index is 1810. The Hall–Kier alpha value is -5.31. The van der Waals surface area contributed by atoms with Gasteiger partial charge >= 0.3 is 0 Å². The molecular weight excluding hydrogens is 702 g/mol. The minimum atomic E-state index is -1.07. The number of fused-ring (bicyclic) bond motifs is 9. The molecule has 0 radical (unpaired) electrons. The molecule has 1 aromatic heterocycles. The number of nitrogens with zero attached hydrogens (tertiary/aromatic N) is 5. The van der Waals surface area contributed by atoms with Crippen molar-refractivity contribution in [1.82, 2.24) is 46.1 Å². The highest BCUT2D eigenvalue weighted by molar-refractivity contribution is 5.96. The molecule has 2 aromatic carbocycles. The maximum Gasteiger partial charge on any atom is 0.246 e. The van der Waals surface area contributed by atoms with Crippen molar-refractivity contribution in [3.8, 4) is 5.75 Å². The highest BCUT2D eigenvalue weighted by Gasteiger charge is 2.45. The summed E-state index contributed by atoms with van der Waals surface area (Å²) in [6, 6.07) is 11.9. The average molecular weight is 756 g/mol. The molecule has 3 aromatic rings. The van der Waals surface area contributed by atoms with E-state index >= 15 is 0 Å². The molecule has 0 spiro atoms. The van der Waals surface area contributed by atoms with E-state index in [9.17, 15) is 24.0 Å². The molecule has 7 rings (SSSR count). The first-order chi connectivity index (χ1) is 26.5. The number of hydrogen-bond acceptors (Lipinski definition) is 9. The summed E-state index contributed by atoms with van der Waals surface area (Å²) in [5.41, 5.74) is 2.20. The second kappa shape index (κ2) is 17.9. The molecule has 6 atom stereocenters. The first kappa shape index (κ1) is 39.4. The average Bonchev–Trinajstić information content (AvgIpc) is 3.87. The van der Waals surface area contributed by atoms with E-state index in [1.54, 1.807) is 24.9 Å². The fraction of sp³-hybridized carbons (Fsp3) is 0.525. The van der Waals surface area contributed by atoms with E-state index < -0.39 is 54.0 Å². The van der Waals surface area contributed by atoms with Gasteiger partial charge in [-0.1, -0.05) is 61.5 Å². The summed E-state index contributed by atoms with van der Waals surface area (Å²) >= 11 is 0. The maximum absolute atomic E-state index is 14.5. The van der Waals surface area contributed by atoms with Crippen LogP contribution in [0.25, 0.3) is 0 Å². The van der Waals surface area contributed by atoms with Crippen LogP contribution in [0.3, 0.4) is 0 Å². The third kappa shape index (κ3) is 9.68. The summed E-state index contributed by atoms with van der Waals surface area (Å²) in [7, 11) is 1.66. The molecule has 55 heavy (non-hydrogen) atoms. The van der Waals surface area contributed by atoms with Gasteiger partial charge in [-0.25, -0.2) is 4.68 Å². The standard InChI is InChI=1S/C40H53N9O6/c1-25(2)35(44-36(50)26(3)41-4)40(54)48-23-30-21-34(48)38(52)42-32(19-27-11-7-5-8-12-27)37(51)43-33(39(53)47-17-9-6-10-18-47)20-28-13-15-31(16-14-28)55-24-29-22-49(30)46-45-29/h5,7-8,11-16,22,25-26,30,32-35,41H,6,9-10,17-21,23-24H2,1-4H3,(H,42,52)(H,43,51)(H,44,50)/t26-,30-,32-,33-,34-,35-/m0/s1. The predicted octanol–water partition coefficient (Wildman–Crippen LogP) is 1.53. The molecule has 6 bridgehead atoms. The molecule has 2 saturated heterocycles. The van der Waals surface area contributed by atoms with Gasteiger partial charge in [0.25, 0.3) is 0 Å². The highest BCUT2D eigenvalue weighted by atomic mass is 16.5. The molecule has 5 amide bonds. The van der Waals surface area contributed by atoms with Gasteiger partial charge < -0.3 is 35.8 Å². The summed E-state index contributed by atoms with van der Waals surface area (Å²) in [4.78, 5) is 73.6. The van der Waals surface area contributed by atoms with Crippen molar-refractivity contribution >= 4 is 29.5 Å². The molecule has 4 N–H and O–H groups in total. The fourth-order valence-corrected chi connectivity index (χ4v) is 7.41. The van der Waals surface area contributed by atoms with Crippen LogP contribution in [0.15, 0.2) is 60.8 Å². The number of nitrogens with one attached hydrogen (secondary N) is 4. The first-order valence-electron chi connectivity index (χ1n) is 19.3. The second-order valence-corrected chi connectivity index (χ2v) is 15.2. The lowest BCUT2D eigenvalue weighted by atomic mass is 10.00. The van der Waals surface area contributed by atoms with Gasteiger partial charge in [0.05, 0.1) is 18.3 Å². The first-order valence-corrected chi connectivity index (χ1v) is 19.3. The van der Waals surface area contributed by atoms with Gasteiger partial charge in [0.15, 0.2) is 0 Å². The summed E-state index contributed by atoms with van der Waals surface area (Å²) in [6.45, 7) is 6.86. The van der Waals surface area contributed by atoms with Crippen molar-refractivity contribution in [1.29, 1.82) is 0 Å². The molecule has 15 heteroatoms. The zero-order chi connectivity index (χ0) is 39.1. The Kier molecular flexibility index (Phi) is 12.8. The summed E-state index contributed by atoms with van der Waals surface area (Å²) in [5.74, 6) is -1.66. The van der Waals surface area contributed by atoms with E-state index in [0.29, 0.717) is 24.5 Å². The molecule has 4 aliphatic heterocycles. The molecule has 0 aliphatic carbocycles. The van der Waals surface area contributed by atoms with Crippen LogP contribution < -0.4 is 26.0 Å². The van der Waals surface area contributed by atoms with Gasteiger partial charge in [-0.2, -0.15) is 0 Å². The lowest BCUT2D eigenvalue weighted by Gasteiger charge is -2.33. The van der Waals surface area contributed by atoms with E-state index in [0.717, 1.165) is 30.4 Å². The SMILES string of the molecule is CN[C@@H](C)C(=O)N[C@H](C(=O)N1C[C@@H]2C[C@H]1C(=O)N[C@@H](Cc1ccccc1)C(=O)N[C@H](C(=O)N1CCCCC1)Cc1ccc(cc1)OCc1cn2nn1)C(C)C. The van der Waals surface area contributed by atoms with Crippen LogP contribution in [0.1, 0.15) is 69.3 Å². The number of likely N-dealkylation sites (tertiary alicyclic amines) is 2. The maximum atomic E-state index is 14.5. The molecule has 0 unspecified atom stereocenters. The Morgan fingerprint density at radius 1 is 0.945 bits per heavy atom. The van der Waals surface area contributed by atoms with E-state index in [-0.39, 0.29) is 50.1 Å². The normalized spacial score (nSPS) is 23.1. The molecule has 4 aliphatic rings.